The smallest absolute Gasteiger partial charge is 0.291 e. The first kappa shape index (κ1) is 22.0. The minimum atomic E-state index is -0.332. The fraction of sp³-hybridized carbons (Fsp3) is 0.154. The second-order valence-electron chi connectivity index (χ2n) is 8.04. The highest BCUT2D eigenvalue weighted by atomic mass is 79.9. The Hall–Kier alpha value is -3.78. The summed E-state index contributed by atoms with van der Waals surface area (Å²) in [6, 6.07) is 16.4. The molecule has 0 bridgehead atoms. The summed E-state index contributed by atoms with van der Waals surface area (Å²) in [5.74, 6) is 0.335. The lowest BCUT2D eigenvalue weighted by Crippen LogP contribution is -2.22. The zero-order chi connectivity index (χ0) is 23.7. The number of aryl methyl sites for hydroxylation is 1. The molecule has 0 saturated heterocycles. The van der Waals surface area contributed by atoms with E-state index in [0.717, 1.165) is 27.4 Å². The maximum absolute atomic E-state index is 13.1. The van der Waals surface area contributed by atoms with E-state index in [9.17, 15) is 9.59 Å². The van der Waals surface area contributed by atoms with Gasteiger partial charge in [0.05, 0.1) is 16.9 Å². The summed E-state index contributed by atoms with van der Waals surface area (Å²) < 4.78 is 6.89. The molecule has 2 aromatic carbocycles. The summed E-state index contributed by atoms with van der Waals surface area (Å²) in [7, 11) is 0. The molecular formula is C26H21BrN4O3. The van der Waals surface area contributed by atoms with E-state index in [1.165, 1.54) is 0 Å². The second-order valence-corrected chi connectivity index (χ2v) is 8.96. The van der Waals surface area contributed by atoms with Crippen molar-refractivity contribution in [1.82, 2.24) is 10.4 Å². The predicted octanol–water partition coefficient (Wildman–Crippen LogP) is 5.62. The molecule has 0 aliphatic heterocycles. The molecule has 5 rings (SSSR count). The van der Waals surface area contributed by atoms with Crippen LogP contribution in [0.15, 0.2) is 74.8 Å². The maximum Gasteiger partial charge on any atom is 0.291 e. The number of hydrazone groups is 1. The van der Waals surface area contributed by atoms with Crippen molar-refractivity contribution in [2.75, 3.05) is 5.32 Å². The summed E-state index contributed by atoms with van der Waals surface area (Å²) in [5.41, 5.74) is 6.83. The lowest BCUT2D eigenvalue weighted by atomic mass is 9.93. The zero-order valence-corrected chi connectivity index (χ0v) is 20.0. The molecule has 8 heteroatoms. The zero-order valence-electron chi connectivity index (χ0n) is 18.4. The number of nitrogens with one attached hydrogen (secondary N) is 2. The van der Waals surface area contributed by atoms with Crippen molar-refractivity contribution in [3.63, 3.8) is 0 Å². The number of carbonyl (C=O) groups is 2. The van der Waals surface area contributed by atoms with Crippen LogP contribution in [0.4, 0.5) is 5.69 Å². The first-order valence-electron chi connectivity index (χ1n) is 10.9. The molecule has 1 aliphatic carbocycles. The van der Waals surface area contributed by atoms with Gasteiger partial charge in [-0.1, -0.05) is 22.0 Å². The van der Waals surface area contributed by atoms with Crippen LogP contribution in [0, 0.1) is 6.92 Å². The Balaban J connectivity index is 1.40. The van der Waals surface area contributed by atoms with Gasteiger partial charge in [-0.05, 0) is 68.3 Å². The van der Waals surface area contributed by atoms with E-state index in [0.29, 0.717) is 41.1 Å². The number of benzene rings is 2. The summed E-state index contributed by atoms with van der Waals surface area (Å²) >= 11 is 3.36. The number of pyridine rings is 1. The quantitative estimate of drug-likeness (QED) is 0.344. The summed E-state index contributed by atoms with van der Waals surface area (Å²) in [6.07, 6.45) is 3.93. The summed E-state index contributed by atoms with van der Waals surface area (Å²) in [5, 5.41) is 8.20. The van der Waals surface area contributed by atoms with Gasteiger partial charge in [0, 0.05) is 39.2 Å². The van der Waals surface area contributed by atoms with Crippen LogP contribution >= 0.6 is 15.9 Å². The number of carbonyl (C=O) groups excluding carboxylic acids is 2. The molecule has 0 radical (unpaired) electrons. The summed E-state index contributed by atoms with van der Waals surface area (Å²) in [4.78, 5) is 30.0. The molecule has 2 N–H and O–H groups in total. The molecule has 2 aromatic heterocycles. The van der Waals surface area contributed by atoms with Crippen LogP contribution in [0.5, 0.6) is 0 Å². The van der Waals surface area contributed by atoms with Crippen LogP contribution in [-0.2, 0) is 6.42 Å². The van der Waals surface area contributed by atoms with Crippen LogP contribution in [0.1, 0.15) is 50.6 Å². The number of hydrogen-bond acceptors (Lipinski definition) is 5. The number of nitrogens with zero attached hydrogens (tertiary/aromatic N) is 2. The molecule has 0 fully saturated rings. The van der Waals surface area contributed by atoms with Gasteiger partial charge in [0.15, 0.2) is 5.76 Å². The Kier molecular flexibility index (Phi) is 5.98. The average Bonchev–Trinajstić information content (AvgIpc) is 3.20. The monoisotopic (exact) mass is 516 g/mol. The third kappa shape index (κ3) is 4.24. The number of fused-ring (bicyclic) bond motifs is 2. The van der Waals surface area contributed by atoms with Gasteiger partial charge in [-0.15, -0.1) is 0 Å². The van der Waals surface area contributed by atoms with Crippen molar-refractivity contribution in [3.05, 3.63) is 93.5 Å². The molecule has 7 nitrogen and oxygen atoms in total. The van der Waals surface area contributed by atoms with Crippen LogP contribution in [-0.4, -0.2) is 22.5 Å². The van der Waals surface area contributed by atoms with E-state index in [2.05, 4.69) is 36.8 Å². The van der Waals surface area contributed by atoms with E-state index >= 15 is 0 Å². The molecule has 34 heavy (non-hydrogen) atoms. The van der Waals surface area contributed by atoms with E-state index in [-0.39, 0.29) is 17.6 Å². The number of furan rings is 1. The van der Waals surface area contributed by atoms with E-state index < -0.39 is 0 Å². The normalized spacial score (nSPS) is 14.1. The maximum atomic E-state index is 13.1. The lowest BCUT2D eigenvalue weighted by molar-refractivity contribution is 0.0953. The van der Waals surface area contributed by atoms with E-state index in [1.807, 2.05) is 37.3 Å². The van der Waals surface area contributed by atoms with Gasteiger partial charge in [0.25, 0.3) is 11.8 Å². The number of hydrogen-bond donors (Lipinski definition) is 2. The fourth-order valence-corrected chi connectivity index (χ4v) is 4.44. The third-order valence-electron chi connectivity index (χ3n) is 5.82. The molecule has 0 spiro atoms. The topological polar surface area (TPSA) is 96.6 Å². The van der Waals surface area contributed by atoms with Gasteiger partial charge in [-0.3, -0.25) is 14.6 Å². The van der Waals surface area contributed by atoms with E-state index in [4.69, 9.17) is 4.42 Å². The molecular weight excluding hydrogens is 496 g/mol. The van der Waals surface area contributed by atoms with Crippen LogP contribution < -0.4 is 10.7 Å². The molecule has 2 heterocycles. The lowest BCUT2D eigenvalue weighted by Gasteiger charge is -2.13. The molecule has 2 amide bonds. The molecule has 0 atom stereocenters. The molecule has 170 valence electrons. The Morgan fingerprint density at radius 3 is 2.68 bits per heavy atom. The largest absolute Gasteiger partial charge is 0.455 e. The summed E-state index contributed by atoms with van der Waals surface area (Å²) in [6.45, 7) is 1.85. The van der Waals surface area contributed by atoms with Crippen molar-refractivity contribution in [2.45, 2.75) is 26.2 Å². The minimum Gasteiger partial charge on any atom is -0.455 e. The standard InChI is InChI=1S/C26H21BrN4O3/c1-15-23-21(30-31-25(32)16-10-12-17(27)13-11-16)8-3-9-22(23)34-24(15)26(33)29-20-7-2-6-19-18(20)5-4-14-28-19/h2,4-7,10-14H,3,8-9H2,1H3,(H,29,33)(H,31,32)/b30-21+. The van der Waals surface area contributed by atoms with Gasteiger partial charge in [0.1, 0.15) is 5.76 Å². The predicted molar refractivity (Wildman–Crippen MR) is 134 cm³/mol. The first-order valence-corrected chi connectivity index (χ1v) is 11.7. The fourth-order valence-electron chi connectivity index (χ4n) is 4.17. The van der Waals surface area contributed by atoms with Gasteiger partial charge < -0.3 is 9.73 Å². The van der Waals surface area contributed by atoms with Crippen molar-refractivity contribution in [2.24, 2.45) is 5.10 Å². The highest BCUT2D eigenvalue weighted by molar-refractivity contribution is 9.10. The second kappa shape index (κ2) is 9.23. The van der Waals surface area contributed by atoms with Crippen molar-refractivity contribution >= 4 is 50.0 Å². The van der Waals surface area contributed by atoms with Crippen LogP contribution in [0.2, 0.25) is 0 Å². The van der Waals surface area contributed by atoms with Crippen LogP contribution in [0.3, 0.4) is 0 Å². The molecule has 4 aromatic rings. The van der Waals surface area contributed by atoms with Crippen molar-refractivity contribution in [1.29, 1.82) is 0 Å². The highest BCUT2D eigenvalue weighted by Gasteiger charge is 2.28. The first-order chi connectivity index (χ1) is 16.5. The van der Waals surface area contributed by atoms with Crippen molar-refractivity contribution in [3.8, 4) is 0 Å². The third-order valence-corrected chi connectivity index (χ3v) is 6.35. The Morgan fingerprint density at radius 1 is 1.03 bits per heavy atom. The van der Waals surface area contributed by atoms with E-state index in [1.54, 1.807) is 30.5 Å². The SMILES string of the molecule is Cc1c(C(=O)Nc2cccc3ncccc23)oc2c1/C(=N/NC(=O)c1ccc(Br)cc1)CCC2. The molecule has 0 saturated carbocycles. The Labute approximate surface area is 204 Å². The van der Waals surface area contributed by atoms with Gasteiger partial charge >= 0.3 is 0 Å². The Bertz CT molecular complexity index is 1440. The van der Waals surface area contributed by atoms with Gasteiger partial charge in [-0.2, -0.15) is 5.10 Å². The Morgan fingerprint density at radius 2 is 1.85 bits per heavy atom. The minimum absolute atomic E-state index is 0.250. The average molecular weight is 517 g/mol. The number of amides is 2. The number of halogens is 1. The number of anilines is 1. The molecule has 0 unspecified atom stereocenters. The number of aromatic nitrogens is 1. The van der Waals surface area contributed by atoms with Gasteiger partial charge in [-0.25, -0.2) is 5.43 Å². The van der Waals surface area contributed by atoms with Crippen LogP contribution in [0.25, 0.3) is 10.9 Å². The highest BCUT2D eigenvalue weighted by Crippen LogP contribution is 2.31. The van der Waals surface area contributed by atoms with Gasteiger partial charge in [0.2, 0.25) is 0 Å². The van der Waals surface area contributed by atoms with Crippen molar-refractivity contribution < 1.29 is 14.0 Å². The number of rotatable bonds is 4. The molecule has 1 aliphatic rings.